The molecule has 0 spiro atoms. The van der Waals surface area contributed by atoms with Gasteiger partial charge in [0.15, 0.2) is 11.6 Å². The topological polar surface area (TPSA) is 57.6 Å². The number of nitrogens with zero attached hydrogens (tertiary/aromatic N) is 1. The quantitative estimate of drug-likeness (QED) is 0.796. The van der Waals surface area contributed by atoms with E-state index in [1.54, 1.807) is 54.4 Å². The van der Waals surface area contributed by atoms with Crippen molar-refractivity contribution in [3.05, 3.63) is 64.7 Å². The molecule has 106 valence electrons. The first-order chi connectivity index (χ1) is 10.1. The van der Waals surface area contributed by atoms with Gasteiger partial charge in [-0.25, -0.2) is 0 Å². The lowest BCUT2D eigenvalue weighted by Gasteiger charge is -2.25. The van der Waals surface area contributed by atoms with Crippen LogP contribution in [0.4, 0.5) is 5.69 Å². The number of aliphatic hydroxyl groups is 1. The third kappa shape index (κ3) is 2.04. The molecule has 0 fully saturated rings. The summed E-state index contributed by atoms with van der Waals surface area (Å²) in [5, 5.41) is 9.08. The molecule has 0 heterocycles. The molecule has 0 aliphatic heterocycles. The van der Waals surface area contributed by atoms with E-state index < -0.39 is 0 Å². The van der Waals surface area contributed by atoms with E-state index >= 15 is 0 Å². The fraction of sp³-hybridized carbons (Fsp3) is 0.176. The van der Waals surface area contributed by atoms with E-state index in [9.17, 15) is 9.59 Å². The molecule has 0 saturated carbocycles. The highest BCUT2D eigenvalue weighted by Crippen LogP contribution is 2.33. The number of hydrogen-bond acceptors (Lipinski definition) is 4. The number of hydrogen-bond donors (Lipinski definition) is 1. The van der Waals surface area contributed by atoms with E-state index in [1.807, 2.05) is 0 Å². The van der Waals surface area contributed by atoms with Gasteiger partial charge in [-0.3, -0.25) is 9.59 Å². The van der Waals surface area contributed by atoms with Crippen molar-refractivity contribution in [3.8, 4) is 0 Å². The van der Waals surface area contributed by atoms with Crippen LogP contribution in [0.5, 0.6) is 0 Å². The number of rotatable bonds is 3. The second-order valence-corrected chi connectivity index (χ2v) is 5.05. The van der Waals surface area contributed by atoms with E-state index in [0.717, 1.165) is 0 Å². The SMILES string of the molecule is CN(CCO)c1cccc2c1C(=O)c1ccccc1C2=O. The zero-order valence-corrected chi connectivity index (χ0v) is 11.7. The lowest BCUT2D eigenvalue weighted by Crippen LogP contribution is -2.27. The van der Waals surface area contributed by atoms with Crippen LogP contribution in [0.3, 0.4) is 0 Å². The summed E-state index contributed by atoms with van der Waals surface area (Å²) in [5.74, 6) is -0.264. The highest BCUT2D eigenvalue weighted by Gasteiger charge is 2.31. The largest absolute Gasteiger partial charge is 0.395 e. The van der Waals surface area contributed by atoms with Gasteiger partial charge >= 0.3 is 0 Å². The van der Waals surface area contributed by atoms with Crippen LogP contribution >= 0.6 is 0 Å². The fourth-order valence-electron chi connectivity index (χ4n) is 2.72. The van der Waals surface area contributed by atoms with E-state index in [2.05, 4.69) is 0 Å². The summed E-state index contributed by atoms with van der Waals surface area (Å²) in [6, 6.07) is 12.1. The Morgan fingerprint density at radius 3 is 2.19 bits per heavy atom. The van der Waals surface area contributed by atoms with Crippen LogP contribution in [-0.4, -0.2) is 36.9 Å². The third-order valence-corrected chi connectivity index (χ3v) is 3.78. The molecule has 4 heteroatoms. The standard InChI is InChI=1S/C17H15NO3/c1-18(9-10-19)14-8-4-7-13-15(14)17(21)12-6-3-2-5-11(12)16(13)20/h2-8,19H,9-10H2,1H3. The lowest BCUT2D eigenvalue weighted by molar-refractivity contribution is 0.0979. The van der Waals surface area contributed by atoms with Gasteiger partial charge in [0, 0.05) is 36.0 Å². The van der Waals surface area contributed by atoms with E-state index in [-0.39, 0.29) is 18.2 Å². The molecule has 0 aromatic heterocycles. The average Bonchev–Trinajstić information content (AvgIpc) is 2.52. The van der Waals surface area contributed by atoms with Gasteiger partial charge in [-0.2, -0.15) is 0 Å². The summed E-state index contributed by atoms with van der Waals surface area (Å²) in [5.41, 5.74) is 2.43. The number of ketones is 2. The Kier molecular flexibility index (Phi) is 3.31. The molecule has 1 aliphatic carbocycles. The summed E-state index contributed by atoms with van der Waals surface area (Å²) in [7, 11) is 1.80. The molecule has 0 amide bonds. The molecule has 0 atom stereocenters. The zero-order valence-electron chi connectivity index (χ0n) is 11.7. The Labute approximate surface area is 122 Å². The number of carbonyl (C=O) groups is 2. The Morgan fingerprint density at radius 2 is 1.52 bits per heavy atom. The molecule has 1 N–H and O–H groups in total. The predicted molar refractivity (Wildman–Crippen MR) is 80.1 cm³/mol. The molecule has 2 aromatic rings. The highest BCUT2D eigenvalue weighted by atomic mass is 16.3. The summed E-state index contributed by atoms with van der Waals surface area (Å²) in [6.45, 7) is 0.387. The molecule has 21 heavy (non-hydrogen) atoms. The van der Waals surface area contributed by atoms with Crippen LogP contribution in [0.15, 0.2) is 42.5 Å². The maximum Gasteiger partial charge on any atom is 0.196 e. The number of fused-ring (bicyclic) bond motifs is 2. The summed E-state index contributed by atoms with van der Waals surface area (Å²) >= 11 is 0. The van der Waals surface area contributed by atoms with E-state index in [4.69, 9.17) is 5.11 Å². The number of carbonyl (C=O) groups excluding carboxylic acids is 2. The molecule has 1 aliphatic rings. The van der Waals surface area contributed by atoms with Crippen molar-refractivity contribution in [1.29, 1.82) is 0 Å². The maximum atomic E-state index is 12.7. The second-order valence-electron chi connectivity index (χ2n) is 5.05. The van der Waals surface area contributed by atoms with Crippen molar-refractivity contribution >= 4 is 17.3 Å². The van der Waals surface area contributed by atoms with Gasteiger partial charge in [-0.1, -0.05) is 36.4 Å². The predicted octanol–water partition coefficient (Wildman–Crippen LogP) is 1.89. The molecule has 2 aromatic carbocycles. The minimum Gasteiger partial charge on any atom is -0.395 e. The molecular weight excluding hydrogens is 266 g/mol. The number of anilines is 1. The number of aliphatic hydroxyl groups excluding tert-OH is 1. The molecule has 0 saturated heterocycles. The van der Waals surface area contributed by atoms with E-state index in [1.165, 1.54) is 0 Å². The van der Waals surface area contributed by atoms with Gasteiger partial charge in [0.05, 0.1) is 12.2 Å². The first-order valence-electron chi connectivity index (χ1n) is 6.78. The first kappa shape index (κ1) is 13.5. The summed E-state index contributed by atoms with van der Waals surface area (Å²) in [4.78, 5) is 27.1. The van der Waals surface area contributed by atoms with Crippen molar-refractivity contribution in [1.82, 2.24) is 0 Å². The van der Waals surface area contributed by atoms with Gasteiger partial charge in [-0.15, -0.1) is 0 Å². The minimum atomic E-state index is -0.138. The van der Waals surface area contributed by atoms with Crippen molar-refractivity contribution in [3.63, 3.8) is 0 Å². The van der Waals surface area contributed by atoms with Crippen molar-refractivity contribution in [2.75, 3.05) is 25.1 Å². The highest BCUT2D eigenvalue weighted by molar-refractivity contribution is 6.30. The molecular formula is C17H15NO3. The van der Waals surface area contributed by atoms with Gasteiger partial charge in [0.1, 0.15) is 0 Å². The molecule has 4 nitrogen and oxygen atoms in total. The van der Waals surface area contributed by atoms with Crippen LogP contribution in [0.1, 0.15) is 31.8 Å². The van der Waals surface area contributed by atoms with Crippen molar-refractivity contribution in [2.45, 2.75) is 0 Å². The molecule has 0 bridgehead atoms. The van der Waals surface area contributed by atoms with Crippen LogP contribution in [0.25, 0.3) is 0 Å². The first-order valence-corrected chi connectivity index (χ1v) is 6.78. The van der Waals surface area contributed by atoms with Crippen LogP contribution in [-0.2, 0) is 0 Å². The summed E-state index contributed by atoms with van der Waals surface area (Å²) in [6.07, 6.45) is 0. The minimum absolute atomic E-state index is 0.0150. The lowest BCUT2D eigenvalue weighted by atomic mass is 9.83. The Hall–Kier alpha value is -2.46. The number of likely N-dealkylation sites (N-methyl/N-ethyl adjacent to an activating group) is 1. The van der Waals surface area contributed by atoms with Gasteiger partial charge < -0.3 is 10.0 Å². The maximum absolute atomic E-state index is 12.7. The van der Waals surface area contributed by atoms with Gasteiger partial charge in [-0.05, 0) is 6.07 Å². The summed E-state index contributed by atoms with van der Waals surface area (Å²) < 4.78 is 0. The Balaban J connectivity index is 2.21. The molecule has 0 radical (unpaired) electrons. The zero-order chi connectivity index (χ0) is 15.0. The third-order valence-electron chi connectivity index (χ3n) is 3.78. The average molecular weight is 281 g/mol. The Bertz CT molecular complexity index is 737. The Morgan fingerprint density at radius 1 is 0.905 bits per heavy atom. The second kappa shape index (κ2) is 5.14. The number of benzene rings is 2. The normalized spacial score (nSPS) is 12.9. The van der Waals surface area contributed by atoms with Crippen molar-refractivity contribution in [2.24, 2.45) is 0 Å². The van der Waals surface area contributed by atoms with Crippen LogP contribution < -0.4 is 4.90 Å². The monoisotopic (exact) mass is 281 g/mol. The smallest absolute Gasteiger partial charge is 0.196 e. The van der Waals surface area contributed by atoms with Crippen molar-refractivity contribution < 1.29 is 14.7 Å². The van der Waals surface area contributed by atoms with Crippen LogP contribution in [0.2, 0.25) is 0 Å². The van der Waals surface area contributed by atoms with E-state index in [0.29, 0.717) is 34.5 Å². The molecule has 3 rings (SSSR count). The fourth-order valence-corrected chi connectivity index (χ4v) is 2.72. The van der Waals surface area contributed by atoms with Crippen LogP contribution in [0, 0.1) is 0 Å². The molecule has 0 unspecified atom stereocenters. The van der Waals surface area contributed by atoms with Gasteiger partial charge in [0.2, 0.25) is 0 Å². The van der Waals surface area contributed by atoms with Gasteiger partial charge in [0.25, 0.3) is 0 Å².